The summed E-state index contributed by atoms with van der Waals surface area (Å²) in [4.78, 5) is 13.5. The van der Waals surface area contributed by atoms with Crippen molar-refractivity contribution < 1.29 is 18.3 Å². The van der Waals surface area contributed by atoms with E-state index in [2.05, 4.69) is 15.4 Å². The number of urea groups is 1. The molecule has 0 radical (unpaired) electrons. The Labute approximate surface area is 183 Å². The van der Waals surface area contributed by atoms with Crippen molar-refractivity contribution in [2.45, 2.75) is 4.90 Å². The number of benzene rings is 2. The van der Waals surface area contributed by atoms with Crippen LogP contribution in [0.5, 0.6) is 5.75 Å². The van der Waals surface area contributed by atoms with Gasteiger partial charge in [-0.25, -0.2) is 17.9 Å². The molecule has 2 aromatic carbocycles. The molecule has 8 nitrogen and oxygen atoms in total. The Bertz CT molecular complexity index is 1020. The number of nitrogens with zero attached hydrogens (tertiary/aromatic N) is 1. The number of hydrogen-bond donors (Lipinski definition) is 4. The van der Waals surface area contributed by atoms with Crippen LogP contribution in [0.4, 0.5) is 16.2 Å². The SMILES string of the molecule is CN(C)CCNS(=O)(=O)c1c(Cl)ccc(NC(=O)Nc2cccc(Cl)c2Cl)c1O. The molecule has 4 N–H and O–H groups in total. The van der Waals surface area contributed by atoms with Gasteiger partial charge in [0.15, 0.2) is 5.75 Å². The van der Waals surface area contributed by atoms with Gasteiger partial charge < -0.3 is 20.6 Å². The highest BCUT2D eigenvalue weighted by Gasteiger charge is 2.25. The fourth-order valence-electron chi connectivity index (χ4n) is 2.26. The van der Waals surface area contributed by atoms with Crippen molar-refractivity contribution in [1.29, 1.82) is 0 Å². The molecule has 0 saturated heterocycles. The minimum absolute atomic E-state index is 0.108. The summed E-state index contributed by atoms with van der Waals surface area (Å²) in [6.07, 6.45) is 0. The van der Waals surface area contributed by atoms with Crippen molar-refractivity contribution in [2.75, 3.05) is 37.8 Å². The molecule has 0 bridgehead atoms. The van der Waals surface area contributed by atoms with Gasteiger partial charge in [0.05, 0.1) is 26.4 Å². The van der Waals surface area contributed by atoms with Gasteiger partial charge in [-0.3, -0.25) is 0 Å². The molecule has 0 aliphatic heterocycles. The molecule has 158 valence electrons. The van der Waals surface area contributed by atoms with Crippen LogP contribution in [0.1, 0.15) is 0 Å². The summed E-state index contributed by atoms with van der Waals surface area (Å²) in [5, 5.41) is 15.4. The first-order chi connectivity index (χ1) is 13.5. The van der Waals surface area contributed by atoms with Gasteiger partial charge >= 0.3 is 6.03 Å². The van der Waals surface area contributed by atoms with Gasteiger partial charge in [-0.15, -0.1) is 0 Å². The molecule has 29 heavy (non-hydrogen) atoms. The van der Waals surface area contributed by atoms with E-state index in [1.54, 1.807) is 31.1 Å². The molecule has 0 spiro atoms. The monoisotopic (exact) mass is 480 g/mol. The Morgan fingerprint density at radius 2 is 1.69 bits per heavy atom. The van der Waals surface area contributed by atoms with Crippen molar-refractivity contribution >= 4 is 62.2 Å². The van der Waals surface area contributed by atoms with Gasteiger partial charge in [-0.05, 0) is 38.4 Å². The van der Waals surface area contributed by atoms with E-state index in [1.807, 2.05) is 0 Å². The number of hydrogen-bond acceptors (Lipinski definition) is 5. The predicted molar refractivity (Wildman–Crippen MR) is 116 cm³/mol. The lowest BCUT2D eigenvalue weighted by Gasteiger charge is -2.15. The van der Waals surface area contributed by atoms with Gasteiger partial charge in [-0.2, -0.15) is 0 Å². The molecule has 2 amide bonds. The highest BCUT2D eigenvalue weighted by atomic mass is 35.5. The van der Waals surface area contributed by atoms with Crippen LogP contribution in [0.3, 0.4) is 0 Å². The Morgan fingerprint density at radius 3 is 2.34 bits per heavy atom. The van der Waals surface area contributed by atoms with E-state index in [0.717, 1.165) is 0 Å². The van der Waals surface area contributed by atoms with Crippen LogP contribution in [-0.4, -0.2) is 51.6 Å². The zero-order valence-corrected chi connectivity index (χ0v) is 18.5. The van der Waals surface area contributed by atoms with Gasteiger partial charge in [0.25, 0.3) is 0 Å². The van der Waals surface area contributed by atoms with Crippen LogP contribution >= 0.6 is 34.8 Å². The van der Waals surface area contributed by atoms with Crippen molar-refractivity contribution in [3.63, 3.8) is 0 Å². The molecule has 0 atom stereocenters. The summed E-state index contributed by atoms with van der Waals surface area (Å²) in [5.74, 6) is -0.692. The van der Waals surface area contributed by atoms with Crippen LogP contribution in [-0.2, 0) is 10.0 Å². The summed E-state index contributed by atoms with van der Waals surface area (Å²) in [6, 6.07) is 6.43. The van der Waals surface area contributed by atoms with Crippen molar-refractivity contribution in [2.24, 2.45) is 0 Å². The molecular formula is C17H19Cl3N4O4S. The first kappa shape index (κ1) is 23.5. The van der Waals surface area contributed by atoms with E-state index in [9.17, 15) is 18.3 Å². The summed E-state index contributed by atoms with van der Waals surface area (Å²) in [6.45, 7) is 0.550. The fourth-order valence-corrected chi connectivity index (χ4v) is 4.25. The van der Waals surface area contributed by atoms with E-state index in [-0.39, 0.29) is 33.0 Å². The number of halogens is 3. The van der Waals surface area contributed by atoms with E-state index in [0.29, 0.717) is 6.54 Å². The fraction of sp³-hybridized carbons (Fsp3) is 0.235. The maximum Gasteiger partial charge on any atom is 0.323 e. The third-order valence-corrected chi connectivity index (χ3v) is 6.43. The standard InChI is InChI=1S/C17H19Cl3N4O4S/c1-24(2)9-8-21-29(27,28)16-11(19)6-7-13(15(16)25)23-17(26)22-12-5-3-4-10(18)14(12)20/h3-7,21,25H,8-9H2,1-2H3,(H2,22,23,26). The maximum absolute atomic E-state index is 12.5. The van der Waals surface area contributed by atoms with Crippen LogP contribution in [0.25, 0.3) is 0 Å². The summed E-state index contributed by atoms with van der Waals surface area (Å²) in [5.41, 5.74) is 0.0846. The largest absolute Gasteiger partial charge is 0.504 e. The number of carbonyl (C=O) groups excluding carboxylic acids is 1. The molecular weight excluding hydrogens is 463 g/mol. The number of rotatable bonds is 7. The Kier molecular flexibility index (Phi) is 7.98. The molecule has 2 aromatic rings. The second kappa shape index (κ2) is 9.84. The molecule has 2 rings (SSSR count). The molecule has 12 heteroatoms. The Balaban J connectivity index is 2.23. The first-order valence-electron chi connectivity index (χ1n) is 8.21. The topological polar surface area (TPSA) is 111 Å². The number of aromatic hydroxyl groups is 1. The Hall–Kier alpha value is -1.75. The van der Waals surface area contributed by atoms with Crippen LogP contribution in [0.2, 0.25) is 15.1 Å². The molecule has 0 heterocycles. The number of anilines is 2. The van der Waals surface area contributed by atoms with Crippen LogP contribution < -0.4 is 15.4 Å². The second-order valence-electron chi connectivity index (χ2n) is 6.15. The van der Waals surface area contributed by atoms with Gasteiger partial charge in [0.2, 0.25) is 10.0 Å². The average molecular weight is 482 g/mol. The third-order valence-electron chi connectivity index (χ3n) is 3.65. The third kappa shape index (κ3) is 6.11. The number of sulfonamides is 1. The number of carbonyl (C=O) groups is 1. The number of phenols is 1. The van der Waals surface area contributed by atoms with Crippen molar-refractivity contribution in [1.82, 2.24) is 9.62 Å². The average Bonchev–Trinajstić information content (AvgIpc) is 2.61. The second-order valence-corrected chi connectivity index (χ2v) is 9.05. The number of phenolic OH excluding ortho intramolecular Hbond substituents is 1. The predicted octanol–water partition coefficient (Wildman–Crippen LogP) is 3.84. The van der Waals surface area contributed by atoms with E-state index >= 15 is 0 Å². The van der Waals surface area contributed by atoms with Gasteiger partial charge in [0.1, 0.15) is 4.90 Å². The van der Waals surface area contributed by atoms with E-state index in [4.69, 9.17) is 34.8 Å². The smallest absolute Gasteiger partial charge is 0.323 e. The lowest BCUT2D eigenvalue weighted by molar-refractivity contribution is 0.262. The zero-order chi connectivity index (χ0) is 21.8. The van der Waals surface area contributed by atoms with Crippen LogP contribution in [0.15, 0.2) is 35.2 Å². The van der Waals surface area contributed by atoms with Crippen molar-refractivity contribution in [3.05, 3.63) is 45.4 Å². The number of nitrogens with one attached hydrogen (secondary N) is 3. The van der Waals surface area contributed by atoms with E-state index < -0.39 is 26.7 Å². The highest BCUT2D eigenvalue weighted by molar-refractivity contribution is 7.89. The minimum Gasteiger partial charge on any atom is -0.504 e. The number of likely N-dealkylation sites (N-methyl/N-ethyl adjacent to an activating group) is 1. The molecule has 0 saturated carbocycles. The molecule has 0 aliphatic carbocycles. The Morgan fingerprint density at radius 1 is 1.03 bits per heavy atom. The van der Waals surface area contributed by atoms with Gasteiger partial charge in [0, 0.05) is 13.1 Å². The van der Waals surface area contributed by atoms with Crippen LogP contribution in [0, 0.1) is 0 Å². The lowest BCUT2D eigenvalue weighted by atomic mass is 10.3. The molecule has 0 unspecified atom stereocenters. The molecule has 0 aliphatic rings. The molecule has 0 aromatic heterocycles. The van der Waals surface area contributed by atoms with E-state index in [1.165, 1.54) is 18.2 Å². The normalized spacial score (nSPS) is 11.5. The summed E-state index contributed by atoms with van der Waals surface area (Å²) in [7, 11) is -0.544. The first-order valence-corrected chi connectivity index (χ1v) is 10.8. The molecule has 0 fully saturated rings. The summed E-state index contributed by atoms with van der Waals surface area (Å²) >= 11 is 17.9. The van der Waals surface area contributed by atoms with Gasteiger partial charge in [-0.1, -0.05) is 40.9 Å². The zero-order valence-electron chi connectivity index (χ0n) is 15.5. The minimum atomic E-state index is -4.12. The summed E-state index contributed by atoms with van der Waals surface area (Å²) < 4.78 is 27.4. The lowest BCUT2D eigenvalue weighted by Crippen LogP contribution is -2.31. The highest BCUT2D eigenvalue weighted by Crippen LogP contribution is 2.37. The number of amides is 2. The van der Waals surface area contributed by atoms with Crippen molar-refractivity contribution in [3.8, 4) is 5.75 Å². The quantitative estimate of drug-likeness (QED) is 0.449. The maximum atomic E-state index is 12.5.